The van der Waals surface area contributed by atoms with Crippen molar-refractivity contribution in [2.45, 2.75) is 19.4 Å². The number of anilines is 2. The molecule has 0 saturated carbocycles. The van der Waals surface area contributed by atoms with E-state index in [1.807, 2.05) is 24.3 Å². The molecule has 0 aliphatic carbocycles. The fourth-order valence-corrected chi connectivity index (χ4v) is 4.64. The van der Waals surface area contributed by atoms with E-state index < -0.39 is 22.0 Å². The van der Waals surface area contributed by atoms with Gasteiger partial charge in [-0.05, 0) is 66.9 Å². The number of hydrogen-bond donors (Lipinski definition) is 1. The van der Waals surface area contributed by atoms with Crippen LogP contribution in [0, 0.1) is 0 Å². The highest BCUT2D eigenvalue weighted by Gasteiger charge is 2.31. The molecule has 1 amide bonds. The van der Waals surface area contributed by atoms with Gasteiger partial charge in [0, 0.05) is 23.1 Å². The molecule has 9 heteroatoms. The summed E-state index contributed by atoms with van der Waals surface area (Å²) >= 11 is 6.07. The summed E-state index contributed by atoms with van der Waals surface area (Å²) in [4.78, 5) is 16.9. The lowest BCUT2D eigenvalue weighted by Gasteiger charge is -2.29. The van der Waals surface area contributed by atoms with Crippen molar-refractivity contribution in [1.82, 2.24) is 4.98 Å². The zero-order valence-corrected chi connectivity index (χ0v) is 19.5. The summed E-state index contributed by atoms with van der Waals surface area (Å²) < 4.78 is 31.4. The van der Waals surface area contributed by atoms with Gasteiger partial charge in [0.2, 0.25) is 15.9 Å². The molecule has 2 aromatic carbocycles. The summed E-state index contributed by atoms with van der Waals surface area (Å²) in [6, 6.07) is 14.8. The average molecular weight is 474 g/mol. The number of halogens is 1. The van der Waals surface area contributed by atoms with Crippen LogP contribution in [0.2, 0.25) is 5.02 Å². The van der Waals surface area contributed by atoms with Gasteiger partial charge in [-0.2, -0.15) is 0 Å². The fraction of sp³-hybridized carbons (Fsp3) is 0.217. The van der Waals surface area contributed by atoms with Gasteiger partial charge in [0.15, 0.2) is 0 Å². The van der Waals surface area contributed by atoms with Crippen LogP contribution in [0.3, 0.4) is 0 Å². The fourth-order valence-electron chi connectivity index (χ4n) is 3.31. The molecule has 0 fully saturated rings. The Morgan fingerprint density at radius 3 is 2.31 bits per heavy atom. The normalized spacial score (nSPS) is 12.1. The summed E-state index contributed by atoms with van der Waals surface area (Å²) in [5, 5.41) is 3.10. The first-order valence-electron chi connectivity index (χ1n) is 9.80. The lowest BCUT2D eigenvalue weighted by Crippen LogP contribution is -2.45. The van der Waals surface area contributed by atoms with Gasteiger partial charge in [0.25, 0.3) is 0 Å². The number of carbonyl (C=O) groups excluding carboxylic acids is 1. The number of nitrogens with one attached hydrogen (secondary N) is 1. The van der Waals surface area contributed by atoms with E-state index in [1.54, 1.807) is 36.7 Å². The van der Waals surface area contributed by atoms with E-state index in [-0.39, 0.29) is 5.69 Å². The summed E-state index contributed by atoms with van der Waals surface area (Å²) in [6.45, 7) is 1.51. The Morgan fingerprint density at radius 2 is 1.72 bits per heavy atom. The van der Waals surface area contributed by atoms with Crippen LogP contribution in [0.25, 0.3) is 0 Å². The second kappa shape index (κ2) is 10.0. The van der Waals surface area contributed by atoms with Crippen molar-refractivity contribution in [2.24, 2.45) is 0 Å². The first-order chi connectivity index (χ1) is 15.2. The van der Waals surface area contributed by atoms with E-state index in [9.17, 15) is 13.2 Å². The molecule has 1 unspecified atom stereocenters. The number of hydrogen-bond acceptors (Lipinski definition) is 5. The van der Waals surface area contributed by atoms with Crippen LogP contribution >= 0.6 is 11.6 Å². The quantitative estimate of drug-likeness (QED) is 0.531. The Kier molecular flexibility index (Phi) is 7.37. The molecule has 1 aromatic heterocycles. The Balaban J connectivity index is 1.79. The SMILES string of the molecule is COc1ccc(Cl)cc1N(C(C)C(=O)Nc1ccc(Cc2ccncc2)cc1)S(C)(=O)=O. The van der Waals surface area contributed by atoms with Gasteiger partial charge < -0.3 is 10.1 Å². The summed E-state index contributed by atoms with van der Waals surface area (Å²) in [6.07, 6.45) is 5.26. The highest BCUT2D eigenvalue weighted by molar-refractivity contribution is 7.92. The van der Waals surface area contributed by atoms with E-state index in [2.05, 4.69) is 10.3 Å². The molecule has 3 rings (SSSR count). The molecule has 0 aliphatic rings. The maximum atomic E-state index is 12.9. The minimum Gasteiger partial charge on any atom is -0.495 e. The number of rotatable bonds is 8. The molecule has 7 nitrogen and oxygen atoms in total. The number of methoxy groups -OCH3 is 1. The Morgan fingerprint density at radius 1 is 1.09 bits per heavy atom. The molecule has 1 atom stereocenters. The number of benzene rings is 2. The third-order valence-electron chi connectivity index (χ3n) is 4.85. The molecular weight excluding hydrogens is 450 g/mol. The topological polar surface area (TPSA) is 88.6 Å². The second-order valence-corrected chi connectivity index (χ2v) is 9.57. The van der Waals surface area contributed by atoms with E-state index in [4.69, 9.17) is 16.3 Å². The third kappa shape index (κ3) is 5.77. The molecular formula is C23H24ClN3O4S. The predicted octanol–water partition coefficient (Wildman–Crippen LogP) is 4.13. The van der Waals surface area contributed by atoms with Gasteiger partial charge >= 0.3 is 0 Å². The largest absolute Gasteiger partial charge is 0.495 e. The second-order valence-electron chi connectivity index (χ2n) is 7.27. The van der Waals surface area contributed by atoms with Crippen LogP contribution in [0.5, 0.6) is 5.75 Å². The predicted molar refractivity (Wildman–Crippen MR) is 127 cm³/mol. The lowest BCUT2D eigenvalue weighted by molar-refractivity contribution is -0.116. The first-order valence-corrected chi connectivity index (χ1v) is 12.0. The van der Waals surface area contributed by atoms with Crippen LogP contribution in [-0.2, 0) is 21.2 Å². The third-order valence-corrected chi connectivity index (χ3v) is 6.31. The van der Waals surface area contributed by atoms with Crippen molar-refractivity contribution >= 4 is 38.9 Å². The molecule has 0 bridgehead atoms. The van der Waals surface area contributed by atoms with Gasteiger partial charge in [-0.3, -0.25) is 14.1 Å². The Bertz CT molecular complexity index is 1190. The van der Waals surface area contributed by atoms with E-state index in [0.29, 0.717) is 16.5 Å². The maximum absolute atomic E-state index is 12.9. The highest BCUT2D eigenvalue weighted by atomic mass is 35.5. The molecule has 32 heavy (non-hydrogen) atoms. The Hall–Kier alpha value is -3.10. The number of sulfonamides is 1. The van der Waals surface area contributed by atoms with Crippen LogP contribution < -0.4 is 14.4 Å². The van der Waals surface area contributed by atoms with Crippen molar-refractivity contribution in [3.05, 3.63) is 83.1 Å². The van der Waals surface area contributed by atoms with Gasteiger partial charge in [-0.25, -0.2) is 8.42 Å². The van der Waals surface area contributed by atoms with E-state index >= 15 is 0 Å². The van der Waals surface area contributed by atoms with Crippen LogP contribution in [-0.4, -0.2) is 38.7 Å². The summed E-state index contributed by atoms with van der Waals surface area (Å²) in [5.74, 6) is -0.195. The number of ether oxygens (including phenoxy) is 1. The molecule has 0 spiro atoms. The maximum Gasteiger partial charge on any atom is 0.247 e. The number of nitrogens with zero attached hydrogens (tertiary/aromatic N) is 2. The molecule has 0 saturated heterocycles. The molecule has 1 N–H and O–H groups in total. The van der Waals surface area contributed by atoms with Gasteiger partial charge in [-0.1, -0.05) is 23.7 Å². The molecule has 1 heterocycles. The van der Waals surface area contributed by atoms with Gasteiger partial charge in [0.05, 0.1) is 19.1 Å². The minimum absolute atomic E-state index is 0.192. The van der Waals surface area contributed by atoms with Gasteiger partial charge in [-0.15, -0.1) is 0 Å². The molecule has 0 aliphatic heterocycles. The van der Waals surface area contributed by atoms with Crippen molar-refractivity contribution in [3.8, 4) is 5.75 Å². The molecule has 3 aromatic rings. The van der Waals surface area contributed by atoms with E-state index in [1.165, 1.54) is 20.1 Å². The molecule has 168 valence electrons. The first kappa shape index (κ1) is 23.6. The monoisotopic (exact) mass is 473 g/mol. The lowest BCUT2D eigenvalue weighted by atomic mass is 10.1. The van der Waals surface area contributed by atoms with Crippen molar-refractivity contribution < 1.29 is 17.9 Å². The summed E-state index contributed by atoms with van der Waals surface area (Å²) in [7, 11) is -2.39. The van der Waals surface area contributed by atoms with Crippen LogP contribution in [0.15, 0.2) is 67.0 Å². The van der Waals surface area contributed by atoms with Crippen molar-refractivity contribution in [2.75, 3.05) is 23.0 Å². The average Bonchev–Trinajstić information content (AvgIpc) is 2.75. The number of aromatic nitrogens is 1. The zero-order valence-electron chi connectivity index (χ0n) is 17.9. The number of carbonyl (C=O) groups is 1. The standard InChI is InChI=1S/C23H24ClN3O4S/c1-16(27(32(3,29)30)21-15-19(24)6-9-22(21)31-2)23(28)26-20-7-4-17(5-8-20)14-18-10-12-25-13-11-18/h4-13,15-16H,14H2,1-3H3,(H,26,28). The number of amides is 1. The zero-order chi connectivity index (χ0) is 23.3. The van der Waals surface area contributed by atoms with Crippen LogP contribution in [0.4, 0.5) is 11.4 Å². The van der Waals surface area contributed by atoms with Crippen molar-refractivity contribution in [1.29, 1.82) is 0 Å². The summed E-state index contributed by atoms with van der Waals surface area (Å²) in [5.41, 5.74) is 2.96. The van der Waals surface area contributed by atoms with Crippen LogP contribution in [0.1, 0.15) is 18.1 Å². The van der Waals surface area contributed by atoms with E-state index in [0.717, 1.165) is 28.1 Å². The van der Waals surface area contributed by atoms with Gasteiger partial charge in [0.1, 0.15) is 11.8 Å². The smallest absolute Gasteiger partial charge is 0.247 e. The minimum atomic E-state index is -3.82. The molecule has 0 radical (unpaired) electrons. The van der Waals surface area contributed by atoms with Crippen molar-refractivity contribution in [3.63, 3.8) is 0 Å². The Labute approximate surface area is 193 Å². The number of pyridine rings is 1. The highest BCUT2D eigenvalue weighted by Crippen LogP contribution is 2.34.